The molecule has 0 radical (unpaired) electrons. The van der Waals surface area contributed by atoms with E-state index in [9.17, 15) is 4.79 Å². The fourth-order valence-corrected chi connectivity index (χ4v) is 2.49. The van der Waals surface area contributed by atoms with Crippen molar-refractivity contribution in [1.82, 2.24) is 14.7 Å². The Labute approximate surface area is 118 Å². The van der Waals surface area contributed by atoms with Gasteiger partial charge < -0.3 is 5.11 Å². The van der Waals surface area contributed by atoms with Gasteiger partial charge in [0.25, 0.3) is 5.56 Å². The quantitative estimate of drug-likeness (QED) is 0.810. The van der Waals surface area contributed by atoms with Crippen molar-refractivity contribution in [3.8, 4) is 5.69 Å². The Balaban J connectivity index is 2.62. The van der Waals surface area contributed by atoms with E-state index in [1.807, 2.05) is 55.9 Å². The summed E-state index contributed by atoms with van der Waals surface area (Å²) in [6, 6.07) is 9.57. The summed E-state index contributed by atoms with van der Waals surface area (Å²) in [6.07, 6.45) is 0. The first-order valence-electron chi connectivity index (χ1n) is 6.75. The molecule has 0 saturated carbocycles. The first kappa shape index (κ1) is 14.6. The fourth-order valence-electron chi connectivity index (χ4n) is 2.49. The van der Waals surface area contributed by atoms with E-state index in [1.165, 1.54) is 0 Å². The molecular weight excluding hydrogens is 254 g/mol. The minimum absolute atomic E-state index is 0.00318. The van der Waals surface area contributed by atoms with Crippen LogP contribution in [0, 0.1) is 0 Å². The lowest BCUT2D eigenvalue weighted by Gasteiger charge is -2.11. The summed E-state index contributed by atoms with van der Waals surface area (Å²) in [5.41, 5.74) is 2.54. The maximum atomic E-state index is 12.7. The van der Waals surface area contributed by atoms with Gasteiger partial charge in [-0.25, -0.2) is 4.68 Å². The van der Waals surface area contributed by atoms with Crippen molar-refractivity contribution >= 4 is 0 Å². The molecule has 0 amide bonds. The summed E-state index contributed by atoms with van der Waals surface area (Å²) in [5, 5.41) is 11.8. The third kappa shape index (κ3) is 2.55. The lowest BCUT2D eigenvalue weighted by Crippen LogP contribution is -2.21. The molecule has 0 aliphatic carbocycles. The Kier molecular flexibility index (Phi) is 4.42. The summed E-state index contributed by atoms with van der Waals surface area (Å²) >= 11 is 0. The largest absolute Gasteiger partial charge is 0.381 e. The second-order valence-electron chi connectivity index (χ2n) is 5.08. The smallest absolute Gasteiger partial charge is 0.275 e. The van der Waals surface area contributed by atoms with Gasteiger partial charge in [0.2, 0.25) is 0 Å². The van der Waals surface area contributed by atoms with Crippen LogP contribution in [0.4, 0.5) is 0 Å². The molecule has 0 atom stereocenters. The van der Waals surface area contributed by atoms with Crippen LogP contribution in [-0.4, -0.2) is 21.2 Å². The summed E-state index contributed by atoms with van der Waals surface area (Å²) in [7, 11) is 1.87. The molecule has 1 aromatic carbocycles. The van der Waals surface area contributed by atoms with Crippen molar-refractivity contribution in [1.29, 1.82) is 0 Å². The zero-order valence-corrected chi connectivity index (χ0v) is 12.1. The third-order valence-electron chi connectivity index (χ3n) is 3.41. The Bertz CT molecular complexity index is 627. The minimum atomic E-state index is -0.109. The summed E-state index contributed by atoms with van der Waals surface area (Å²) in [4.78, 5) is 12.7. The average Bonchev–Trinajstić information content (AvgIpc) is 2.68. The maximum absolute atomic E-state index is 12.7. The number of nitrogens with one attached hydrogen (secondary N) is 1. The number of benzene rings is 1. The standard InChI is InChI=1S/C15H21N3O2/c1-11(2)14-13(9-16-10-19)17(3)18(15(14)20)12-7-5-4-6-8-12/h4-8,11,16,19H,9-10H2,1-3H3. The van der Waals surface area contributed by atoms with Gasteiger partial charge in [-0.15, -0.1) is 0 Å². The fraction of sp³-hybridized carbons (Fsp3) is 0.400. The van der Waals surface area contributed by atoms with Crippen molar-refractivity contribution in [2.45, 2.75) is 26.3 Å². The lowest BCUT2D eigenvalue weighted by molar-refractivity contribution is 0.257. The molecule has 0 bridgehead atoms. The van der Waals surface area contributed by atoms with E-state index in [0.717, 1.165) is 16.9 Å². The number of hydrogen-bond acceptors (Lipinski definition) is 3. The van der Waals surface area contributed by atoms with Gasteiger partial charge in [-0.1, -0.05) is 32.0 Å². The second-order valence-corrected chi connectivity index (χ2v) is 5.08. The highest BCUT2D eigenvalue weighted by atomic mass is 16.3. The normalized spacial score (nSPS) is 11.2. The number of aliphatic hydroxyl groups excluding tert-OH is 1. The van der Waals surface area contributed by atoms with Gasteiger partial charge in [-0.05, 0) is 18.1 Å². The van der Waals surface area contributed by atoms with E-state index in [4.69, 9.17) is 5.11 Å². The predicted octanol–water partition coefficient (Wildman–Crippen LogP) is 1.34. The van der Waals surface area contributed by atoms with Gasteiger partial charge in [0.1, 0.15) is 0 Å². The van der Waals surface area contributed by atoms with E-state index in [-0.39, 0.29) is 18.2 Å². The van der Waals surface area contributed by atoms with Crippen LogP contribution >= 0.6 is 0 Å². The van der Waals surface area contributed by atoms with E-state index in [2.05, 4.69) is 5.32 Å². The van der Waals surface area contributed by atoms with Crippen LogP contribution in [0.3, 0.4) is 0 Å². The molecule has 1 heterocycles. The zero-order chi connectivity index (χ0) is 14.7. The first-order valence-corrected chi connectivity index (χ1v) is 6.75. The number of hydrogen-bond donors (Lipinski definition) is 2. The molecule has 2 aromatic rings. The highest BCUT2D eigenvalue weighted by molar-refractivity contribution is 5.34. The Morgan fingerprint density at radius 1 is 1.25 bits per heavy atom. The van der Waals surface area contributed by atoms with Crippen molar-refractivity contribution < 1.29 is 5.11 Å². The van der Waals surface area contributed by atoms with Crippen LogP contribution in [0.2, 0.25) is 0 Å². The molecule has 2 N–H and O–H groups in total. The van der Waals surface area contributed by atoms with Crippen LogP contribution in [0.5, 0.6) is 0 Å². The Morgan fingerprint density at radius 3 is 2.45 bits per heavy atom. The van der Waals surface area contributed by atoms with E-state index >= 15 is 0 Å². The summed E-state index contributed by atoms with van der Waals surface area (Å²) in [5.74, 6) is 0.133. The summed E-state index contributed by atoms with van der Waals surface area (Å²) < 4.78 is 3.53. The number of aliphatic hydroxyl groups is 1. The van der Waals surface area contributed by atoms with Gasteiger partial charge >= 0.3 is 0 Å². The molecule has 1 aromatic heterocycles. The second kappa shape index (κ2) is 6.07. The first-order chi connectivity index (χ1) is 9.57. The van der Waals surface area contributed by atoms with Crippen LogP contribution in [0.15, 0.2) is 35.1 Å². The molecule has 0 unspecified atom stereocenters. The van der Waals surface area contributed by atoms with Crippen molar-refractivity contribution in [2.75, 3.05) is 6.73 Å². The molecule has 5 heteroatoms. The maximum Gasteiger partial charge on any atom is 0.275 e. The van der Waals surface area contributed by atoms with Crippen molar-refractivity contribution in [3.63, 3.8) is 0 Å². The number of nitrogens with zero attached hydrogens (tertiary/aromatic N) is 2. The Hall–Kier alpha value is -1.85. The molecular formula is C15H21N3O2. The number of rotatable bonds is 5. The molecule has 20 heavy (non-hydrogen) atoms. The van der Waals surface area contributed by atoms with Gasteiger partial charge in [0.05, 0.1) is 18.1 Å². The molecule has 0 spiro atoms. The van der Waals surface area contributed by atoms with Crippen molar-refractivity contribution in [2.24, 2.45) is 7.05 Å². The monoisotopic (exact) mass is 275 g/mol. The molecule has 0 aliphatic heterocycles. The average molecular weight is 275 g/mol. The highest BCUT2D eigenvalue weighted by Gasteiger charge is 2.20. The molecule has 0 saturated heterocycles. The van der Waals surface area contributed by atoms with Crippen LogP contribution in [0.1, 0.15) is 31.0 Å². The van der Waals surface area contributed by atoms with Gasteiger partial charge in [0.15, 0.2) is 0 Å². The van der Waals surface area contributed by atoms with Crippen molar-refractivity contribution in [3.05, 3.63) is 51.9 Å². The topological polar surface area (TPSA) is 59.2 Å². The lowest BCUT2D eigenvalue weighted by atomic mass is 10.0. The molecule has 0 fully saturated rings. The van der Waals surface area contributed by atoms with Gasteiger partial charge in [-0.3, -0.25) is 14.8 Å². The van der Waals surface area contributed by atoms with E-state index < -0.39 is 0 Å². The molecule has 2 rings (SSSR count). The highest BCUT2D eigenvalue weighted by Crippen LogP contribution is 2.18. The Morgan fingerprint density at radius 2 is 1.90 bits per heavy atom. The zero-order valence-electron chi connectivity index (χ0n) is 12.1. The van der Waals surface area contributed by atoms with Crippen LogP contribution in [0.25, 0.3) is 5.69 Å². The predicted molar refractivity (Wildman–Crippen MR) is 79.0 cm³/mol. The minimum Gasteiger partial charge on any atom is -0.381 e. The molecule has 0 aliphatic rings. The van der Waals surface area contributed by atoms with Gasteiger partial charge in [0, 0.05) is 19.2 Å². The van der Waals surface area contributed by atoms with Crippen LogP contribution < -0.4 is 10.9 Å². The van der Waals surface area contributed by atoms with Gasteiger partial charge in [-0.2, -0.15) is 0 Å². The number of aromatic nitrogens is 2. The number of para-hydroxylation sites is 1. The third-order valence-corrected chi connectivity index (χ3v) is 3.41. The van der Waals surface area contributed by atoms with Crippen LogP contribution in [-0.2, 0) is 13.6 Å². The molecule has 5 nitrogen and oxygen atoms in total. The van der Waals surface area contributed by atoms with E-state index in [0.29, 0.717) is 6.54 Å². The summed E-state index contributed by atoms with van der Waals surface area (Å²) in [6.45, 7) is 4.38. The SMILES string of the molecule is CC(C)c1c(CNCO)n(C)n(-c2ccccc2)c1=O. The van der Waals surface area contributed by atoms with E-state index in [1.54, 1.807) is 4.68 Å². The molecule has 108 valence electrons.